The van der Waals surface area contributed by atoms with Crippen molar-refractivity contribution in [3.05, 3.63) is 82.7 Å². The van der Waals surface area contributed by atoms with Crippen LogP contribution in [0.4, 0.5) is 11.6 Å². The van der Waals surface area contributed by atoms with E-state index in [1.54, 1.807) is 27.9 Å². The first-order chi connectivity index (χ1) is 30.9. The third-order valence-corrected chi connectivity index (χ3v) is 14.1. The molecule has 0 radical (unpaired) electrons. The number of carbonyl (C=O) groups excluding carboxylic acids is 5. The van der Waals surface area contributed by atoms with E-state index in [2.05, 4.69) is 33.6 Å². The largest absolute Gasteiger partial charge is 0.477 e. The molecule has 2 aromatic carbocycles. The van der Waals surface area contributed by atoms with Gasteiger partial charge in [-0.2, -0.15) is 5.10 Å². The molecule has 16 heteroatoms. The maximum atomic E-state index is 14.2. The van der Waals surface area contributed by atoms with E-state index in [4.69, 9.17) is 14.7 Å². The molecule has 1 saturated carbocycles. The molecule has 5 amide bonds. The number of nitrogens with one attached hydrogen (secondary N) is 2. The second-order valence-corrected chi connectivity index (χ2v) is 18.4. The van der Waals surface area contributed by atoms with E-state index in [0.29, 0.717) is 59.4 Å². The fourth-order valence-electron chi connectivity index (χ4n) is 10.4. The van der Waals surface area contributed by atoms with Gasteiger partial charge in [0.05, 0.1) is 40.5 Å². The van der Waals surface area contributed by atoms with Crippen molar-refractivity contribution in [2.75, 3.05) is 43.5 Å². The summed E-state index contributed by atoms with van der Waals surface area (Å²) in [5, 5.41) is 9.92. The number of imidazole rings is 1. The standard InChI is InChI=1S/C48H54N10O6/c1-28-7-6-22-64-45-34(26-49-55(45)4)36-24-32(23-29(2)50-36)42(60)53-47-51-35-11-10-31(25-39(35)57(47)27-28)44(62)54(3)33-15-20-56(21-16-33)19-14-30-8-5-9-37-41(30)48(17-18-48)46(63)58(37)38-12-13-40(59)52-43(38)61/h5,8-11,23-26,28,33,38H,6-7,12-22,27H2,1-4H3,(H,51,53,60)(H,52,59,61)/t28-,38?/m1/s1. The number of fused-ring (bicyclic) bond motifs is 9. The summed E-state index contributed by atoms with van der Waals surface area (Å²) < 4.78 is 9.96. The summed E-state index contributed by atoms with van der Waals surface area (Å²) in [4.78, 5) is 82.3. The summed E-state index contributed by atoms with van der Waals surface area (Å²) in [6, 6.07) is 14.5. The molecule has 64 heavy (non-hydrogen) atoms. The molecule has 1 aliphatic carbocycles. The summed E-state index contributed by atoms with van der Waals surface area (Å²) >= 11 is 0. The van der Waals surface area contributed by atoms with Gasteiger partial charge >= 0.3 is 0 Å². The fourth-order valence-corrected chi connectivity index (χ4v) is 10.4. The van der Waals surface area contributed by atoms with E-state index in [0.717, 1.165) is 92.5 Å². The van der Waals surface area contributed by atoms with Crippen LogP contribution in [0.2, 0.25) is 0 Å². The second-order valence-electron chi connectivity index (χ2n) is 18.4. The lowest BCUT2D eigenvalue weighted by Crippen LogP contribution is -2.54. The van der Waals surface area contributed by atoms with Crippen molar-refractivity contribution in [3.8, 4) is 17.1 Å². The number of anilines is 2. The normalized spacial score (nSPS) is 21.3. The molecule has 1 unspecified atom stereocenters. The molecule has 5 aromatic rings. The molecule has 3 aromatic heterocycles. The maximum Gasteiger partial charge on any atom is 0.258 e. The molecule has 2 bridgehead atoms. The molecule has 7 heterocycles. The van der Waals surface area contributed by atoms with Crippen molar-refractivity contribution in [1.29, 1.82) is 0 Å². The van der Waals surface area contributed by atoms with Crippen molar-refractivity contribution in [2.45, 2.75) is 95.7 Å². The smallest absolute Gasteiger partial charge is 0.258 e. The minimum Gasteiger partial charge on any atom is -0.477 e. The molecule has 4 aliphatic heterocycles. The van der Waals surface area contributed by atoms with E-state index < -0.39 is 17.4 Å². The molecule has 16 nitrogen and oxygen atoms in total. The van der Waals surface area contributed by atoms with Gasteiger partial charge in [0.25, 0.3) is 11.8 Å². The highest BCUT2D eigenvalue weighted by Crippen LogP contribution is 2.59. The summed E-state index contributed by atoms with van der Waals surface area (Å²) in [6.45, 7) is 7.60. The Hall–Kier alpha value is -6.42. The number of likely N-dealkylation sites (tertiary alicyclic amines) is 1. The number of rotatable bonds is 6. The molecular weight excluding hydrogens is 813 g/mol. The summed E-state index contributed by atoms with van der Waals surface area (Å²) in [5.74, 6) is 0.162. The minimum absolute atomic E-state index is 0.0142. The number of benzene rings is 2. The van der Waals surface area contributed by atoms with Crippen LogP contribution in [0.5, 0.6) is 5.88 Å². The number of nitrogens with zero attached hydrogens (tertiary/aromatic N) is 8. The van der Waals surface area contributed by atoms with Crippen LogP contribution in [0, 0.1) is 12.8 Å². The van der Waals surface area contributed by atoms with E-state index in [-0.39, 0.29) is 42.0 Å². The van der Waals surface area contributed by atoms with Gasteiger partial charge in [-0.3, -0.25) is 44.5 Å². The van der Waals surface area contributed by atoms with Crippen molar-refractivity contribution in [1.82, 2.24) is 39.4 Å². The molecule has 5 aliphatic rings. The van der Waals surface area contributed by atoms with Crippen LogP contribution in [0.25, 0.3) is 22.3 Å². The number of hydrogen-bond donors (Lipinski definition) is 2. The van der Waals surface area contributed by atoms with Gasteiger partial charge in [0.2, 0.25) is 29.5 Å². The predicted molar refractivity (Wildman–Crippen MR) is 239 cm³/mol. The first kappa shape index (κ1) is 41.6. The second kappa shape index (κ2) is 16.3. The Kier molecular flexibility index (Phi) is 10.6. The molecule has 3 fully saturated rings. The number of imide groups is 1. The maximum absolute atomic E-state index is 14.2. The number of piperidine rings is 2. The molecule has 10 rings (SSSR count). The number of amides is 5. The van der Waals surface area contributed by atoms with Gasteiger partial charge in [-0.1, -0.05) is 19.1 Å². The van der Waals surface area contributed by atoms with E-state index in [9.17, 15) is 24.0 Å². The zero-order valence-electron chi connectivity index (χ0n) is 36.9. The summed E-state index contributed by atoms with van der Waals surface area (Å²) in [7, 11) is 3.72. The highest BCUT2D eigenvalue weighted by Gasteiger charge is 2.62. The van der Waals surface area contributed by atoms with Gasteiger partial charge in [0.1, 0.15) is 6.04 Å². The highest BCUT2D eigenvalue weighted by atomic mass is 16.5. The number of pyridine rings is 1. The summed E-state index contributed by atoms with van der Waals surface area (Å²) in [6.07, 6.45) is 7.92. The Labute approximate surface area is 371 Å². The van der Waals surface area contributed by atoms with E-state index in [1.807, 2.05) is 60.8 Å². The van der Waals surface area contributed by atoms with E-state index in [1.165, 1.54) is 0 Å². The van der Waals surface area contributed by atoms with Crippen LogP contribution in [0.15, 0.2) is 54.7 Å². The average Bonchev–Trinajstić information content (AvgIpc) is 3.83. The molecule has 332 valence electrons. The number of aryl methyl sites for hydroxylation is 2. The zero-order chi connectivity index (χ0) is 44.4. The first-order valence-corrected chi connectivity index (χ1v) is 22.6. The third kappa shape index (κ3) is 7.40. The molecular formula is C48H54N10O6. The first-order valence-electron chi connectivity index (χ1n) is 22.6. The van der Waals surface area contributed by atoms with Crippen LogP contribution in [-0.2, 0) is 39.8 Å². The van der Waals surface area contributed by atoms with Gasteiger partial charge in [-0.05, 0) is 112 Å². The van der Waals surface area contributed by atoms with Crippen LogP contribution in [0.1, 0.15) is 95.8 Å². The minimum atomic E-state index is -0.667. The monoisotopic (exact) mass is 866 g/mol. The molecule has 2 saturated heterocycles. The number of ether oxygens (including phenoxy) is 1. The van der Waals surface area contributed by atoms with Crippen LogP contribution in [0.3, 0.4) is 0 Å². The van der Waals surface area contributed by atoms with Crippen LogP contribution < -0.4 is 20.3 Å². The SMILES string of the molecule is Cc1cc2cc(n1)-c1cnn(C)c1OCCC[C@@H](C)Cn1c(nc3ccc(C(=O)N(C)C4CCN(CCc5cccc6c5C5(CC5)C(=O)N6C5CCC(=O)NC5=O)CC4)cc31)NC2=O. The lowest BCUT2D eigenvalue weighted by atomic mass is 9.91. The van der Waals surface area contributed by atoms with Crippen molar-refractivity contribution in [2.24, 2.45) is 13.0 Å². The topological polar surface area (TPSA) is 177 Å². The number of aromatic nitrogens is 5. The van der Waals surface area contributed by atoms with Crippen LogP contribution in [-0.4, -0.2) is 109 Å². The summed E-state index contributed by atoms with van der Waals surface area (Å²) in [5.41, 5.74) is 6.94. The quantitative estimate of drug-likeness (QED) is 0.217. The van der Waals surface area contributed by atoms with Crippen molar-refractivity contribution >= 4 is 52.2 Å². The van der Waals surface area contributed by atoms with Crippen molar-refractivity contribution in [3.63, 3.8) is 0 Å². The lowest BCUT2D eigenvalue weighted by Gasteiger charge is -2.37. The Morgan fingerprint density at radius 3 is 2.58 bits per heavy atom. The number of hydrogen-bond acceptors (Lipinski definition) is 10. The molecule has 1 spiro atoms. The Bertz CT molecular complexity index is 2730. The van der Waals surface area contributed by atoms with Gasteiger partial charge < -0.3 is 19.1 Å². The Morgan fingerprint density at radius 1 is 0.984 bits per heavy atom. The lowest BCUT2D eigenvalue weighted by molar-refractivity contribution is -0.135. The molecule has 2 N–H and O–H groups in total. The van der Waals surface area contributed by atoms with Gasteiger partial charge in [-0.15, -0.1) is 0 Å². The number of carbonyl (C=O) groups is 5. The van der Waals surface area contributed by atoms with Crippen molar-refractivity contribution < 1.29 is 28.7 Å². The van der Waals surface area contributed by atoms with Gasteiger partial charge in [0.15, 0.2) is 0 Å². The van der Waals surface area contributed by atoms with Gasteiger partial charge in [-0.25, -0.2) is 9.67 Å². The average molecular weight is 867 g/mol. The molecule has 2 atom stereocenters. The fraction of sp³-hybridized carbons (Fsp3) is 0.458. The predicted octanol–water partition coefficient (Wildman–Crippen LogP) is 5.16. The van der Waals surface area contributed by atoms with E-state index >= 15 is 0 Å². The van der Waals surface area contributed by atoms with Gasteiger partial charge in [0, 0.05) is 75.2 Å². The Morgan fingerprint density at radius 2 is 1.80 bits per heavy atom. The zero-order valence-corrected chi connectivity index (χ0v) is 36.9. The van der Waals surface area contributed by atoms with Crippen LogP contribution >= 0.6 is 0 Å². The third-order valence-electron chi connectivity index (χ3n) is 14.1. The highest BCUT2D eigenvalue weighted by molar-refractivity contribution is 6.15. The Balaban J connectivity index is 0.822.